The fraction of sp³-hybridized carbons (Fsp3) is 0.231. The van der Waals surface area contributed by atoms with Crippen LogP contribution in [0.3, 0.4) is 0 Å². The number of para-hydroxylation sites is 1. The van der Waals surface area contributed by atoms with Crippen molar-refractivity contribution in [1.29, 1.82) is 0 Å². The highest BCUT2D eigenvalue weighted by molar-refractivity contribution is 6.30. The van der Waals surface area contributed by atoms with Gasteiger partial charge in [-0.15, -0.1) is 0 Å². The van der Waals surface area contributed by atoms with Crippen LogP contribution >= 0.6 is 11.6 Å². The molecular formula is C26H26ClN3O2. The maximum atomic E-state index is 12.9. The molecule has 32 heavy (non-hydrogen) atoms. The molecule has 3 aromatic carbocycles. The van der Waals surface area contributed by atoms with E-state index in [1.165, 1.54) is 0 Å². The number of nitrogens with zero attached hydrogens (tertiary/aromatic N) is 1. The van der Waals surface area contributed by atoms with E-state index in [4.69, 9.17) is 11.6 Å². The Labute approximate surface area is 193 Å². The van der Waals surface area contributed by atoms with Crippen molar-refractivity contribution >= 4 is 34.8 Å². The van der Waals surface area contributed by atoms with Gasteiger partial charge in [-0.3, -0.25) is 9.59 Å². The van der Waals surface area contributed by atoms with Crippen LogP contribution in [0.4, 0.5) is 11.4 Å². The van der Waals surface area contributed by atoms with Gasteiger partial charge in [0, 0.05) is 36.3 Å². The standard InChI is InChI=1S/C26H26ClN3O2/c27-21-9-6-10-22(17-21)30-15-13-20(14-16-30)25(31)29-24-12-5-4-11-23(24)26(32)28-18-19-7-2-1-3-8-19/h1-12,17,20H,13-16,18H2,(H,28,32)(H,29,31). The number of anilines is 2. The molecule has 6 heteroatoms. The first-order valence-electron chi connectivity index (χ1n) is 10.8. The summed E-state index contributed by atoms with van der Waals surface area (Å²) in [5, 5.41) is 6.63. The van der Waals surface area contributed by atoms with Crippen LogP contribution in [0.15, 0.2) is 78.9 Å². The first-order chi connectivity index (χ1) is 15.6. The third-order valence-corrected chi connectivity index (χ3v) is 6.00. The van der Waals surface area contributed by atoms with Crippen LogP contribution in [-0.4, -0.2) is 24.9 Å². The van der Waals surface area contributed by atoms with Gasteiger partial charge in [-0.05, 0) is 48.7 Å². The zero-order valence-electron chi connectivity index (χ0n) is 17.8. The smallest absolute Gasteiger partial charge is 0.253 e. The normalized spacial score (nSPS) is 14.1. The van der Waals surface area contributed by atoms with E-state index in [0.29, 0.717) is 22.8 Å². The van der Waals surface area contributed by atoms with E-state index in [1.54, 1.807) is 18.2 Å². The lowest BCUT2D eigenvalue weighted by Gasteiger charge is -2.33. The SMILES string of the molecule is O=C(NCc1ccccc1)c1ccccc1NC(=O)C1CCN(c2cccc(Cl)c2)CC1. The topological polar surface area (TPSA) is 61.4 Å². The molecule has 4 rings (SSSR count). The van der Waals surface area contributed by atoms with Gasteiger partial charge < -0.3 is 15.5 Å². The third kappa shape index (κ3) is 5.48. The lowest BCUT2D eigenvalue weighted by Crippen LogP contribution is -2.38. The quantitative estimate of drug-likeness (QED) is 0.551. The number of halogens is 1. The number of hydrogen-bond acceptors (Lipinski definition) is 3. The number of benzene rings is 3. The number of piperidine rings is 1. The molecule has 0 bridgehead atoms. The van der Waals surface area contributed by atoms with Crippen molar-refractivity contribution in [2.24, 2.45) is 5.92 Å². The average Bonchev–Trinajstić information content (AvgIpc) is 2.83. The van der Waals surface area contributed by atoms with E-state index in [-0.39, 0.29) is 17.7 Å². The molecule has 0 saturated carbocycles. The summed E-state index contributed by atoms with van der Waals surface area (Å²) in [4.78, 5) is 27.9. The summed E-state index contributed by atoms with van der Waals surface area (Å²) in [6.07, 6.45) is 1.50. The van der Waals surface area contributed by atoms with Crippen molar-refractivity contribution in [2.45, 2.75) is 19.4 Å². The summed E-state index contributed by atoms with van der Waals surface area (Å²) < 4.78 is 0. The van der Waals surface area contributed by atoms with Gasteiger partial charge in [0.1, 0.15) is 0 Å². The van der Waals surface area contributed by atoms with E-state index in [9.17, 15) is 9.59 Å². The minimum Gasteiger partial charge on any atom is -0.371 e. The molecule has 1 aliphatic rings. The first-order valence-corrected chi connectivity index (χ1v) is 11.2. The Morgan fingerprint density at radius 3 is 2.38 bits per heavy atom. The number of hydrogen-bond donors (Lipinski definition) is 2. The molecular weight excluding hydrogens is 422 g/mol. The Morgan fingerprint density at radius 2 is 1.62 bits per heavy atom. The van der Waals surface area contributed by atoms with Crippen molar-refractivity contribution in [2.75, 3.05) is 23.3 Å². The molecule has 0 aromatic heterocycles. The average molecular weight is 448 g/mol. The third-order valence-electron chi connectivity index (χ3n) is 5.76. The Balaban J connectivity index is 1.35. The van der Waals surface area contributed by atoms with Crippen LogP contribution in [0, 0.1) is 5.92 Å². The molecule has 0 atom stereocenters. The number of carbonyl (C=O) groups excluding carboxylic acids is 2. The largest absolute Gasteiger partial charge is 0.371 e. The molecule has 1 heterocycles. The maximum absolute atomic E-state index is 12.9. The highest BCUT2D eigenvalue weighted by atomic mass is 35.5. The Bertz CT molecular complexity index is 1080. The monoisotopic (exact) mass is 447 g/mol. The fourth-order valence-electron chi connectivity index (χ4n) is 3.97. The second-order valence-electron chi connectivity index (χ2n) is 7.94. The molecule has 1 fully saturated rings. The van der Waals surface area contributed by atoms with Crippen LogP contribution in [0.25, 0.3) is 0 Å². The lowest BCUT2D eigenvalue weighted by molar-refractivity contribution is -0.120. The van der Waals surface area contributed by atoms with Crippen LogP contribution in [0.2, 0.25) is 5.02 Å². The summed E-state index contributed by atoms with van der Waals surface area (Å²) in [6, 6.07) is 24.7. The summed E-state index contributed by atoms with van der Waals surface area (Å²) in [5.41, 5.74) is 3.11. The number of carbonyl (C=O) groups is 2. The lowest BCUT2D eigenvalue weighted by atomic mass is 9.95. The van der Waals surface area contributed by atoms with E-state index in [2.05, 4.69) is 15.5 Å². The van der Waals surface area contributed by atoms with Gasteiger partial charge in [0.2, 0.25) is 5.91 Å². The van der Waals surface area contributed by atoms with Crippen molar-refractivity contribution in [3.63, 3.8) is 0 Å². The Hall–Kier alpha value is -3.31. The van der Waals surface area contributed by atoms with Crippen LogP contribution in [0.1, 0.15) is 28.8 Å². The molecule has 0 spiro atoms. The van der Waals surface area contributed by atoms with Gasteiger partial charge in [-0.25, -0.2) is 0 Å². The summed E-state index contributed by atoms with van der Waals surface area (Å²) in [5.74, 6) is -0.342. The van der Waals surface area contributed by atoms with Crippen LogP contribution in [0.5, 0.6) is 0 Å². The molecule has 2 amide bonds. The highest BCUT2D eigenvalue weighted by Gasteiger charge is 2.26. The zero-order valence-corrected chi connectivity index (χ0v) is 18.5. The first kappa shape index (κ1) is 21.9. The zero-order chi connectivity index (χ0) is 22.3. The number of amides is 2. The van der Waals surface area contributed by atoms with E-state index < -0.39 is 0 Å². The van der Waals surface area contributed by atoms with Gasteiger partial charge in [0.15, 0.2) is 0 Å². The van der Waals surface area contributed by atoms with E-state index in [0.717, 1.165) is 37.2 Å². The van der Waals surface area contributed by atoms with Gasteiger partial charge in [-0.1, -0.05) is 60.1 Å². The fourth-order valence-corrected chi connectivity index (χ4v) is 4.16. The Kier molecular flexibility index (Phi) is 7.07. The molecule has 0 unspecified atom stereocenters. The minimum atomic E-state index is -0.208. The number of rotatable bonds is 6. The van der Waals surface area contributed by atoms with Crippen molar-refractivity contribution < 1.29 is 9.59 Å². The predicted octanol–water partition coefficient (Wildman–Crippen LogP) is 5.13. The van der Waals surface area contributed by atoms with E-state index in [1.807, 2.05) is 60.7 Å². The van der Waals surface area contributed by atoms with E-state index >= 15 is 0 Å². The molecule has 0 aliphatic carbocycles. The molecule has 0 radical (unpaired) electrons. The number of nitrogens with one attached hydrogen (secondary N) is 2. The second kappa shape index (κ2) is 10.3. The molecule has 5 nitrogen and oxygen atoms in total. The summed E-state index contributed by atoms with van der Waals surface area (Å²) >= 11 is 6.11. The van der Waals surface area contributed by atoms with Gasteiger partial charge in [0.25, 0.3) is 5.91 Å². The highest BCUT2D eigenvalue weighted by Crippen LogP contribution is 2.26. The molecule has 1 saturated heterocycles. The van der Waals surface area contributed by atoms with Gasteiger partial charge in [0.05, 0.1) is 11.3 Å². The van der Waals surface area contributed by atoms with Crippen molar-refractivity contribution in [3.8, 4) is 0 Å². The molecule has 2 N–H and O–H groups in total. The minimum absolute atomic E-state index is 0.0425. The molecule has 3 aromatic rings. The summed E-state index contributed by atoms with van der Waals surface area (Å²) in [7, 11) is 0. The van der Waals surface area contributed by atoms with Crippen molar-refractivity contribution in [1.82, 2.24) is 5.32 Å². The summed E-state index contributed by atoms with van der Waals surface area (Å²) in [6.45, 7) is 2.01. The van der Waals surface area contributed by atoms with Crippen LogP contribution in [-0.2, 0) is 11.3 Å². The van der Waals surface area contributed by atoms with Crippen LogP contribution < -0.4 is 15.5 Å². The Morgan fingerprint density at radius 1 is 0.906 bits per heavy atom. The molecule has 164 valence electrons. The molecule has 1 aliphatic heterocycles. The second-order valence-corrected chi connectivity index (χ2v) is 8.38. The maximum Gasteiger partial charge on any atom is 0.253 e. The van der Waals surface area contributed by atoms with Gasteiger partial charge in [-0.2, -0.15) is 0 Å². The van der Waals surface area contributed by atoms with Gasteiger partial charge >= 0.3 is 0 Å². The predicted molar refractivity (Wildman–Crippen MR) is 129 cm³/mol. The van der Waals surface area contributed by atoms with Crippen molar-refractivity contribution in [3.05, 3.63) is 95.0 Å².